The fraction of sp³-hybridized carbons (Fsp3) is 0.167. The Bertz CT molecular complexity index is 884. The van der Waals surface area contributed by atoms with E-state index in [-0.39, 0.29) is 5.91 Å². The Kier molecular flexibility index (Phi) is 6.49. The van der Waals surface area contributed by atoms with Gasteiger partial charge in [-0.2, -0.15) is 0 Å². The standard InChI is InChI=1S/C18H16ClN3O2S2/c1-2-25-18-22-21-17(26-18)20-16(23)14-5-3-4-6-15(14)24-11-12-7-9-13(19)10-8-12/h3-10H,2,11H2,1H3,(H,20,21,23). The summed E-state index contributed by atoms with van der Waals surface area (Å²) in [4.78, 5) is 12.6. The molecule has 2 aromatic carbocycles. The van der Waals surface area contributed by atoms with Crippen molar-refractivity contribution in [1.29, 1.82) is 0 Å². The van der Waals surface area contributed by atoms with Gasteiger partial charge in [0.1, 0.15) is 12.4 Å². The fourth-order valence-electron chi connectivity index (χ4n) is 2.13. The number of nitrogens with zero attached hydrogens (tertiary/aromatic N) is 2. The number of anilines is 1. The third kappa shape index (κ3) is 4.97. The molecule has 0 fully saturated rings. The molecule has 0 aliphatic heterocycles. The van der Waals surface area contributed by atoms with E-state index in [0.717, 1.165) is 15.7 Å². The number of carbonyl (C=O) groups excluding carboxylic acids is 1. The van der Waals surface area contributed by atoms with Crippen LogP contribution >= 0.6 is 34.7 Å². The number of nitrogens with one attached hydrogen (secondary N) is 1. The highest BCUT2D eigenvalue weighted by Crippen LogP contribution is 2.26. The Labute approximate surface area is 164 Å². The van der Waals surface area contributed by atoms with E-state index in [2.05, 4.69) is 15.5 Å². The molecule has 0 bridgehead atoms. The molecule has 0 radical (unpaired) electrons. The van der Waals surface area contributed by atoms with Gasteiger partial charge < -0.3 is 4.74 Å². The Balaban J connectivity index is 1.69. The van der Waals surface area contributed by atoms with Gasteiger partial charge in [-0.3, -0.25) is 10.1 Å². The quantitative estimate of drug-likeness (QED) is 0.435. The molecule has 1 amide bonds. The number of benzene rings is 2. The number of halogens is 1. The van der Waals surface area contributed by atoms with Crippen LogP contribution in [0.1, 0.15) is 22.8 Å². The number of amides is 1. The van der Waals surface area contributed by atoms with E-state index < -0.39 is 0 Å². The molecule has 1 heterocycles. The molecule has 3 aromatic rings. The van der Waals surface area contributed by atoms with Crippen LogP contribution in [-0.2, 0) is 6.61 Å². The van der Waals surface area contributed by atoms with Gasteiger partial charge in [-0.15, -0.1) is 10.2 Å². The molecule has 0 unspecified atom stereocenters. The first-order chi connectivity index (χ1) is 12.7. The fourth-order valence-corrected chi connectivity index (χ4v) is 3.90. The maximum Gasteiger partial charge on any atom is 0.261 e. The maximum atomic E-state index is 12.6. The number of para-hydroxylation sites is 1. The van der Waals surface area contributed by atoms with Gasteiger partial charge in [0.05, 0.1) is 5.56 Å². The molecule has 8 heteroatoms. The molecule has 1 aromatic heterocycles. The van der Waals surface area contributed by atoms with E-state index in [9.17, 15) is 4.79 Å². The van der Waals surface area contributed by atoms with Crippen molar-refractivity contribution in [3.05, 3.63) is 64.7 Å². The maximum absolute atomic E-state index is 12.6. The van der Waals surface area contributed by atoms with Crippen LogP contribution in [0.5, 0.6) is 5.75 Å². The van der Waals surface area contributed by atoms with Gasteiger partial charge in [0.2, 0.25) is 5.13 Å². The topological polar surface area (TPSA) is 64.1 Å². The first-order valence-electron chi connectivity index (χ1n) is 7.89. The van der Waals surface area contributed by atoms with Crippen molar-refractivity contribution in [2.75, 3.05) is 11.1 Å². The monoisotopic (exact) mass is 405 g/mol. The number of aromatic nitrogens is 2. The molecule has 1 N–H and O–H groups in total. The summed E-state index contributed by atoms with van der Waals surface area (Å²) in [6.07, 6.45) is 0. The van der Waals surface area contributed by atoms with Gasteiger partial charge in [-0.1, -0.05) is 65.9 Å². The smallest absolute Gasteiger partial charge is 0.261 e. The van der Waals surface area contributed by atoms with Gasteiger partial charge in [0, 0.05) is 5.02 Å². The summed E-state index contributed by atoms with van der Waals surface area (Å²) >= 11 is 8.83. The highest BCUT2D eigenvalue weighted by Gasteiger charge is 2.15. The third-order valence-corrected chi connectivity index (χ3v) is 5.44. The molecule has 3 rings (SSSR count). The minimum absolute atomic E-state index is 0.277. The average molecular weight is 406 g/mol. The molecule has 0 spiro atoms. The van der Waals surface area contributed by atoms with Crippen molar-refractivity contribution in [3.63, 3.8) is 0 Å². The molecule has 26 heavy (non-hydrogen) atoms. The first kappa shape index (κ1) is 18.7. The Hall–Kier alpha value is -2.09. The number of carbonyl (C=O) groups is 1. The van der Waals surface area contributed by atoms with E-state index in [0.29, 0.717) is 28.1 Å². The highest BCUT2D eigenvalue weighted by molar-refractivity contribution is 8.01. The summed E-state index contributed by atoms with van der Waals surface area (Å²) in [7, 11) is 0. The van der Waals surface area contributed by atoms with Crippen LogP contribution in [0.4, 0.5) is 5.13 Å². The highest BCUT2D eigenvalue weighted by atomic mass is 35.5. The van der Waals surface area contributed by atoms with Gasteiger partial charge in [0.15, 0.2) is 4.34 Å². The van der Waals surface area contributed by atoms with E-state index in [1.54, 1.807) is 42.1 Å². The van der Waals surface area contributed by atoms with Crippen LogP contribution in [0.3, 0.4) is 0 Å². The second-order valence-electron chi connectivity index (χ2n) is 5.17. The predicted octanol–water partition coefficient (Wildman–Crippen LogP) is 5.13. The van der Waals surface area contributed by atoms with Gasteiger partial charge in [0.25, 0.3) is 5.91 Å². The Morgan fingerprint density at radius 3 is 2.73 bits per heavy atom. The number of rotatable bonds is 7. The number of hydrogen-bond acceptors (Lipinski definition) is 6. The molecular weight excluding hydrogens is 390 g/mol. The van der Waals surface area contributed by atoms with Crippen LogP contribution in [0.25, 0.3) is 0 Å². The number of hydrogen-bond donors (Lipinski definition) is 1. The summed E-state index contributed by atoms with van der Waals surface area (Å²) in [5.41, 5.74) is 1.41. The zero-order valence-corrected chi connectivity index (χ0v) is 16.3. The molecule has 134 valence electrons. The molecule has 0 atom stereocenters. The van der Waals surface area contributed by atoms with Crippen molar-refractivity contribution < 1.29 is 9.53 Å². The molecule has 0 saturated heterocycles. The Morgan fingerprint density at radius 2 is 1.96 bits per heavy atom. The summed E-state index contributed by atoms with van der Waals surface area (Å²) in [6.45, 7) is 2.39. The molecule has 5 nitrogen and oxygen atoms in total. The van der Waals surface area contributed by atoms with Crippen LogP contribution in [0, 0.1) is 0 Å². The molecule has 0 aliphatic carbocycles. The van der Waals surface area contributed by atoms with Crippen LogP contribution in [-0.4, -0.2) is 21.9 Å². The molecular formula is C18H16ClN3O2S2. The van der Waals surface area contributed by atoms with Crippen molar-refractivity contribution in [1.82, 2.24) is 10.2 Å². The van der Waals surface area contributed by atoms with E-state index in [1.807, 2.05) is 25.1 Å². The van der Waals surface area contributed by atoms with Crippen molar-refractivity contribution in [2.24, 2.45) is 0 Å². The number of thioether (sulfide) groups is 1. The largest absolute Gasteiger partial charge is 0.488 e. The predicted molar refractivity (Wildman–Crippen MR) is 106 cm³/mol. The first-order valence-corrected chi connectivity index (χ1v) is 10.1. The lowest BCUT2D eigenvalue weighted by Gasteiger charge is -2.11. The lowest BCUT2D eigenvalue weighted by molar-refractivity contribution is 0.102. The van der Waals surface area contributed by atoms with E-state index in [4.69, 9.17) is 16.3 Å². The summed E-state index contributed by atoms with van der Waals surface area (Å²) in [6, 6.07) is 14.5. The molecule has 0 aliphatic rings. The van der Waals surface area contributed by atoms with Crippen LogP contribution < -0.4 is 10.1 Å². The average Bonchev–Trinajstić information content (AvgIpc) is 3.09. The van der Waals surface area contributed by atoms with E-state index >= 15 is 0 Å². The van der Waals surface area contributed by atoms with Gasteiger partial charge in [-0.25, -0.2) is 0 Å². The lowest BCUT2D eigenvalue weighted by atomic mass is 10.2. The zero-order valence-electron chi connectivity index (χ0n) is 13.9. The summed E-state index contributed by atoms with van der Waals surface area (Å²) in [5.74, 6) is 1.14. The van der Waals surface area contributed by atoms with Crippen LogP contribution in [0.15, 0.2) is 52.9 Å². The Morgan fingerprint density at radius 1 is 1.19 bits per heavy atom. The second-order valence-corrected chi connectivity index (χ2v) is 8.10. The minimum Gasteiger partial charge on any atom is -0.488 e. The van der Waals surface area contributed by atoms with Gasteiger partial charge >= 0.3 is 0 Å². The lowest BCUT2D eigenvalue weighted by Crippen LogP contribution is -2.13. The van der Waals surface area contributed by atoms with E-state index in [1.165, 1.54) is 11.3 Å². The van der Waals surface area contributed by atoms with Crippen molar-refractivity contribution in [2.45, 2.75) is 17.9 Å². The zero-order chi connectivity index (χ0) is 18.4. The second kappa shape index (κ2) is 9.02. The third-order valence-electron chi connectivity index (χ3n) is 3.33. The summed E-state index contributed by atoms with van der Waals surface area (Å²) in [5, 5.41) is 11.9. The van der Waals surface area contributed by atoms with Crippen LogP contribution in [0.2, 0.25) is 5.02 Å². The molecule has 0 saturated carbocycles. The van der Waals surface area contributed by atoms with Gasteiger partial charge in [-0.05, 0) is 35.6 Å². The minimum atomic E-state index is -0.277. The van der Waals surface area contributed by atoms with Crippen molar-refractivity contribution >= 4 is 45.7 Å². The van der Waals surface area contributed by atoms with Crippen molar-refractivity contribution in [3.8, 4) is 5.75 Å². The number of ether oxygens (including phenoxy) is 1. The SMILES string of the molecule is CCSc1nnc(NC(=O)c2ccccc2OCc2ccc(Cl)cc2)s1. The summed E-state index contributed by atoms with van der Waals surface area (Å²) < 4.78 is 6.65. The normalized spacial score (nSPS) is 10.5.